The highest BCUT2D eigenvalue weighted by Crippen LogP contribution is 2.24. The molecular weight excluding hydrogens is 316 g/mol. The summed E-state index contributed by atoms with van der Waals surface area (Å²) in [5.41, 5.74) is 1.08. The van der Waals surface area contributed by atoms with Gasteiger partial charge in [-0.1, -0.05) is 6.92 Å². The van der Waals surface area contributed by atoms with Gasteiger partial charge in [0, 0.05) is 36.5 Å². The molecule has 2 rings (SSSR count). The zero-order valence-electron chi connectivity index (χ0n) is 12.0. The molecule has 2 aromatic heterocycles. The van der Waals surface area contributed by atoms with Gasteiger partial charge in [0.15, 0.2) is 0 Å². The summed E-state index contributed by atoms with van der Waals surface area (Å²) in [6, 6.07) is 4.25. The van der Waals surface area contributed by atoms with Crippen molar-refractivity contribution >= 4 is 15.9 Å². The van der Waals surface area contributed by atoms with Crippen LogP contribution in [0.25, 0.3) is 0 Å². The van der Waals surface area contributed by atoms with Gasteiger partial charge in [-0.25, -0.2) is 4.98 Å². The summed E-state index contributed by atoms with van der Waals surface area (Å²) in [5, 5.41) is 3.58. The summed E-state index contributed by atoms with van der Waals surface area (Å²) >= 11 is 3.60. The van der Waals surface area contributed by atoms with E-state index in [9.17, 15) is 0 Å². The molecule has 0 spiro atoms. The maximum atomic E-state index is 4.52. The first-order chi connectivity index (χ1) is 9.72. The second-order valence-corrected chi connectivity index (χ2v) is 5.72. The molecule has 0 aliphatic heterocycles. The van der Waals surface area contributed by atoms with Crippen LogP contribution in [0.4, 0.5) is 0 Å². The van der Waals surface area contributed by atoms with Crippen molar-refractivity contribution in [3.8, 4) is 0 Å². The highest BCUT2D eigenvalue weighted by molar-refractivity contribution is 9.10. The number of halogens is 1. The Morgan fingerprint density at radius 3 is 2.85 bits per heavy atom. The van der Waals surface area contributed by atoms with E-state index in [1.807, 2.05) is 37.8 Å². The molecular formula is C15H21BrN4. The third kappa shape index (κ3) is 3.90. The topological polar surface area (TPSA) is 42.7 Å². The van der Waals surface area contributed by atoms with Gasteiger partial charge in [0.25, 0.3) is 0 Å². The molecule has 1 atom stereocenters. The maximum absolute atomic E-state index is 4.52. The first-order valence-corrected chi connectivity index (χ1v) is 7.81. The van der Waals surface area contributed by atoms with Crippen LogP contribution >= 0.6 is 15.9 Å². The molecule has 1 unspecified atom stereocenters. The van der Waals surface area contributed by atoms with Gasteiger partial charge < -0.3 is 9.88 Å². The van der Waals surface area contributed by atoms with E-state index in [4.69, 9.17) is 0 Å². The molecule has 2 aromatic rings. The van der Waals surface area contributed by atoms with Crippen LogP contribution in [-0.4, -0.2) is 21.1 Å². The Hall–Kier alpha value is -1.20. The van der Waals surface area contributed by atoms with Gasteiger partial charge >= 0.3 is 0 Å². The van der Waals surface area contributed by atoms with E-state index in [0.29, 0.717) is 0 Å². The molecule has 4 nitrogen and oxygen atoms in total. The Bertz CT molecular complexity index is 538. The third-order valence-electron chi connectivity index (χ3n) is 3.34. The van der Waals surface area contributed by atoms with Crippen molar-refractivity contribution in [3.05, 3.63) is 46.7 Å². The predicted octanol–water partition coefficient (Wildman–Crippen LogP) is 3.25. The summed E-state index contributed by atoms with van der Waals surface area (Å²) < 4.78 is 3.14. The summed E-state index contributed by atoms with van der Waals surface area (Å²) in [7, 11) is 2.04. The van der Waals surface area contributed by atoms with Gasteiger partial charge in [0.2, 0.25) is 0 Å². The largest absolute Gasteiger partial charge is 0.338 e. The Kier molecular flexibility index (Phi) is 5.73. The molecule has 0 amide bonds. The van der Waals surface area contributed by atoms with Crippen LogP contribution < -0.4 is 5.32 Å². The van der Waals surface area contributed by atoms with E-state index >= 15 is 0 Å². The maximum Gasteiger partial charge on any atom is 0.108 e. The van der Waals surface area contributed by atoms with Crippen molar-refractivity contribution in [2.75, 3.05) is 6.54 Å². The monoisotopic (exact) mass is 336 g/mol. The molecule has 0 radical (unpaired) electrons. The minimum absolute atomic E-state index is 0.252. The number of nitrogens with zero attached hydrogens (tertiary/aromatic N) is 3. The summed E-state index contributed by atoms with van der Waals surface area (Å²) in [4.78, 5) is 8.90. The standard InChI is InChI=1S/C15H21BrN4/c1-3-8-17-13(15-12(16)5-4-9-19-15)6-7-14-18-10-11-20(14)2/h4-5,9-11,13,17H,3,6-8H2,1-2H3. The highest BCUT2D eigenvalue weighted by atomic mass is 79.9. The average Bonchev–Trinajstić information content (AvgIpc) is 2.86. The highest BCUT2D eigenvalue weighted by Gasteiger charge is 2.16. The van der Waals surface area contributed by atoms with Crippen LogP contribution in [0.1, 0.15) is 37.3 Å². The zero-order chi connectivity index (χ0) is 14.4. The fraction of sp³-hybridized carbons (Fsp3) is 0.467. The summed E-state index contributed by atoms with van der Waals surface area (Å²) in [6.07, 6.45) is 8.72. The van der Waals surface area contributed by atoms with Crippen LogP contribution in [0.15, 0.2) is 35.2 Å². The van der Waals surface area contributed by atoms with Gasteiger partial charge in [-0.3, -0.25) is 4.98 Å². The van der Waals surface area contributed by atoms with Gasteiger partial charge in [-0.15, -0.1) is 0 Å². The molecule has 0 fully saturated rings. The van der Waals surface area contributed by atoms with Crippen molar-refractivity contribution < 1.29 is 0 Å². The minimum Gasteiger partial charge on any atom is -0.338 e. The molecule has 1 N–H and O–H groups in total. The predicted molar refractivity (Wildman–Crippen MR) is 84.5 cm³/mol. The van der Waals surface area contributed by atoms with Crippen molar-refractivity contribution in [2.24, 2.45) is 7.05 Å². The number of aromatic nitrogens is 3. The van der Waals surface area contributed by atoms with Gasteiger partial charge in [-0.2, -0.15) is 0 Å². The first kappa shape index (κ1) is 15.2. The summed E-state index contributed by atoms with van der Waals surface area (Å²) in [6.45, 7) is 3.17. The smallest absolute Gasteiger partial charge is 0.108 e. The lowest BCUT2D eigenvalue weighted by atomic mass is 10.1. The van der Waals surface area contributed by atoms with E-state index < -0.39 is 0 Å². The molecule has 0 saturated heterocycles. The van der Waals surface area contributed by atoms with E-state index in [-0.39, 0.29) is 6.04 Å². The lowest BCUT2D eigenvalue weighted by Gasteiger charge is -2.19. The third-order valence-corrected chi connectivity index (χ3v) is 4.01. The van der Waals surface area contributed by atoms with E-state index in [2.05, 4.69) is 42.7 Å². The second kappa shape index (κ2) is 7.55. The van der Waals surface area contributed by atoms with Crippen LogP contribution in [-0.2, 0) is 13.5 Å². The van der Waals surface area contributed by atoms with E-state index in [0.717, 1.165) is 41.8 Å². The fourth-order valence-corrected chi connectivity index (χ4v) is 2.75. The molecule has 5 heteroatoms. The van der Waals surface area contributed by atoms with Gasteiger partial charge in [0.1, 0.15) is 5.82 Å². The lowest BCUT2D eigenvalue weighted by molar-refractivity contribution is 0.479. The number of hydrogen-bond acceptors (Lipinski definition) is 3. The second-order valence-electron chi connectivity index (χ2n) is 4.87. The zero-order valence-corrected chi connectivity index (χ0v) is 13.6. The van der Waals surface area contributed by atoms with Gasteiger partial charge in [-0.05, 0) is 47.4 Å². The van der Waals surface area contributed by atoms with Crippen LogP contribution in [0.5, 0.6) is 0 Å². The van der Waals surface area contributed by atoms with Crippen molar-refractivity contribution in [1.29, 1.82) is 0 Å². The Morgan fingerprint density at radius 2 is 2.20 bits per heavy atom. The SMILES string of the molecule is CCCNC(CCc1nccn1C)c1ncccc1Br. The fourth-order valence-electron chi connectivity index (χ4n) is 2.22. The quantitative estimate of drug-likeness (QED) is 0.843. The summed E-state index contributed by atoms with van der Waals surface area (Å²) in [5.74, 6) is 1.11. The molecule has 0 aliphatic carbocycles. The number of nitrogens with one attached hydrogen (secondary N) is 1. The first-order valence-electron chi connectivity index (χ1n) is 7.02. The van der Waals surface area contributed by atoms with Crippen molar-refractivity contribution in [2.45, 2.75) is 32.2 Å². The number of rotatable bonds is 7. The van der Waals surface area contributed by atoms with Crippen molar-refractivity contribution in [3.63, 3.8) is 0 Å². The number of imidazole rings is 1. The van der Waals surface area contributed by atoms with Crippen LogP contribution in [0.3, 0.4) is 0 Å². The molecule has 0 bridgehead atoms. The molecule has 0 saturated carbocycles. The van der Waals surface area contributed by atoms with Gasteiger partial charge in [0.05, 0.1) is 11.7 Å². The number of pyridine rings is 1. The van der Waals surface area contributed by atoms with E-state index in [1.165, 1.54) is 0 Å². The normalized spacial score (nSPS) is 12.6. The minimum atomic E-state index is 0.252. The van der Waals surface area contributed by atoms with E-state index in [1.54, 1.807) is 0 Å². The average molecular weight is 337 g/mol. The molecule has 0 aliphatic rings. The number of hydrogen-bond donors (Lipinski definition) is 1. The molecule has 2 heterocycles. The van der Waals surface area contributed by atoms with Crippen LogP contribution in [0, 0.1) is 0 Å². The molecule has 20 heavy (non-hydrogen) atoms. The van der Waals surface area contributed by atoms with Crippen LogP contribution in [0.2, 0.25) is 0 Å². The molecule has 0 aromatic carbocycles. The Morgan fingerprint density at radius 1 is 1.35 bits per heavy atom. The Balaban J connectivity index is 2.08. The molecule has 108 valence electrons. The van der Waals surface area contributed by atoms with Crippen molar-refractivity contribution in [1.82, 2.24) is 19.9 Å². The number of aryl methyl sites for hydroxylation is 2. The Labute approximate surface area is 128 Å². The lowest BCUT2D eigenvalue weighted by Crippen LogP contribution is -2.24.